The van der Waals surface area contributed by atoms with E-state index in [-0.39, 0.29) is 18.2 Å². The number of likely N-dealkylation sites (tertiary alicyclic amines) is 1. The molecule has 0 saturated carbocycles. The van der Waals surface area contributed by atoms with E-state index in [1.807, 2.05) is 11.2 Å². The first-order valence-corrected chi connectivity index (χ1v) is 10.9. The van der Waals surface area contributed by atoms with Crippen LogP contribution in [0, 0.1) is 5.92 Å². The van der Waals surface area contributed by atoms with E-state index in [1.165, 1.54) is 0 Å². The Labute approximate surface area is 160 Å². The van der Waals surface area contributed by atoms with E-state index in [0.717, 1.165) is 50.9 Å². The van der Waals surface area contributed by atoms with Gasteiger partial charge < -0.3 is 10.2 Å². The number of rotatable bonds is 12. The fourth-order valence-electron chi connectivity index (χ4n) is 3.18. The van der Waals surface area contributed by atoms with Crippen LogP contribution in [-0.2, 0) is 14.4 Å². The number of carbonyl (C=O) groups excluding carboxylic acids is 3. The summed E-state index contributed by atoms with van der Waals surface area (Å²) in [5.41, 5.74) is 1.60. The largest absolute Gasteiger partial charge is 0.344 e. The van der Waals surface area contributed by atoms with Gasteiger partial charge in [-0.2, -0.15) is 11.8 Å². The molecule has 1 aliphatic heterocycles. The van der Waals surface area contributed by atoms with Crippen molar-refractivity contribution < 1.29 is 19.6 Å². The maximum absolute atomic E-state index is 12.7. The Balaban J connectivity index is 2.73. The quantitative estimate of drug-likeness (QED) is 0.270. The molecule has 26 heavy (non-hydrogen) atoms. The molecular formula is C18H33N3O4S. The zero-order valence-electron chi connectivity index (χ0n) is 16.0. The summed E-state index contributed by atoms with van der Waals surface area (Å²) in [6, 6.07) is -0.543. The van der Waals surface area contributed by atoms with E-state index < -0.39 is 17.9 Å². The molecule has 150 valence electrons. The molecule has 1 heterocycles. The highest BCUT2D eigenvalue weighted by Crippen LogP contribution is 2.17. The van der Waals surface area contributed by atoms with Crippen LogP contribution in [-0.4, -0.2) is 59.0 Å². The van der Waals surface area contributed by atoms with Gasteiger partial charge in [-0.15, -0.1) is 0 Å². The van der Waals surface area contributed by atoms with Gasteiger partial charge in [0.2, 0.25) is 17.7 Å². The van der Waals surface area contributed by atoms with Gasteiger partial charge in [-0.3, -0.25) is 19.6 Å². The van der Waals surface area contributed by atoms with Crippen LogP contribution in [0.25, 0.3) is 0 Å². The summed E-state index contributed by atoms with van der Waals surface area (Å²) in [4.78, 5) is 38.8. The van der Waals surface area contributed by atoms with Crippen LogP contribution in [0.15, 0.2) is 0 Å². The standard InChI is InChI=1S/C18H33N3O4S/c1-3-4-5-8-14(13-16(22)20-25)17(23)19-15(9-12-26-2)18(24)21-10-6-7-11-21/h14-15,25H,3-13H2,1-2H3,(H,19,23)(H,20,22)/t14?,15-/m1/s1. The highest BCUT2D eigenvalue weighted by Gasteiger charge is 2.30. The minimum absolute atomic E-state index is 0.0242. The third-order valence-electron chi connectivity index (χ3n) is 4.73. The van der Waals surface area contributed by atoms with Crippen molar-refractivity contribution in [2.24, 2.45) is 5.92 Å². The first kappa shape index (κ1) is 22.8. The Bertz CT molecular complexity index is 456. The first-order chi connectivity index (χ1) is 12.5. The SMILES string of the molecule is CCCCCC(CC(=O)NO)C(=O)N[C@H](CCSC)C(=O)N1CCCC1. The second-order valence-electron chi connectivity index (χ2n) is 6.81. The number of hydrogen-bond donors (Lipinski definition) is 3. The lowest BCUT2D eigenvalue weighted by molar-refractivity contribution is -0.138. The van der Waals surface area contributed by atoms with Crippen molar-refractivity contribution in [2.45, 2.75) is 64.3 Å². The molecular weight excluding hydrogens is 354 g/mol. The molecule has 1 rings (SSSR count). The van der Waals surface area contributed by atoms with Gasteiger partial charge in [0, 0.05) is 25.4 Å². The maximum Gasteiger partial charge on any atom is 0.245 e. The van der Waals surface area contributed by atoms with E-state index >= 15 is 0 Å². The minimum Gasteiger partial charge on any atom is -0.344 e. The molecule has 0 bridgehead atoms. The predicted octanol–water partition coefficient (Wildman–Crippen LogP) is 1.94. The fourth-order valence-corrected chi connectivity index (χ4v) is 3.65. The summed E-state index contributed by atoms with van der Waals surface area (Å²) in [5.74, 6) is -0.625. The van der Waals surface area contributed by atoms with E-state index in [9.17, 15) is 14.4 Å². The zero-order valence-corrected chi connectivity index (χ0v) is 16.8. The average Bonchev–Trinajstić information content (AvgIpc) is 3.18. The lowest BCUT2D eigenvalue weighted by Crippen LogP contribution is -2.50. The van der Waals surface area contributed by atoms with Crippen LogP contribution in [0.3, 0.4) is 0 Å². The summed E-state index contributed by atoms with van der Waals surface area (Å²) < 4.78 is 0. The van der Waals surface area contributed by atoms with Crippen LogP contribution < -0.4 is 10.8 Å². The summed E-state index contributed by atoms with van der Waals surface area (Å²) in [5, 5.41) is 11.7. The van der Waals surface area contributed by atoms with Crippen LogP contribution in [0.2, 0.25) is 0 Å². The predicted molar refractivity (Wildman–Crippen MR) is 103 cm³/mol. The fraction of sp³-hybridized carbons (Fsp3) is 0.833. The summed E-state index contributed by atoms with van der Waals surface area (Å²) >= 11 is 1.64. The molecule has 3 amide bonds. The maximum atomic E-state index is 12.7. The smallest absolute Gasteiger partial charge is 0.245 e. The lowest BCUT2D eigenvalue weighted by Gasteiger charge is -2.26. The molecule has 0 spiro atoms. The third-order valence-corrected chi connectivity index (χ3v) is 5.37. The third kappa shape index (κ3) is 7.95. The normalized spacial score (nSPS) is 16.2. The van der Waals surface area contributed by atoms with Gasteiger partial charge in [0.25, 0.3) is 0 Å². The van der Waals surface area contributed by atoms with Crippen LogP contribution >= 0.6 is 11.8 Å². The molecule has 1 saturated heterocycles. The Morgan fingerprint density at radius 2 is 1.85 bits per heavy atom. The highest BCUT2D eigenvalue weighted by molar-refractivity contribution is 7.98. The van der Waals surface area contributed by atoms with E-state index in [1.54, 1.807) is 17.2 Å². The molecule has 0 aliphatic carbocycles. The molecule has 0 aromatic carbocycles. The molecule has 7 nitrogen and oxygen atoms in total. The molecule has 1 aliphatic rings. The molecule has 2 atom stereocenters. The number of amides is 3. The van der Waals surface area contributed by atoms with Crippen molar-refractivity contribution in [3.63, 3.8) is 0 Å². The average molecular weight is 388 g/mol. The molecule has 1 fully saturated rings. The Morgan fingerprint density at radius 1 is 1.15 bits per heavy atom. The number of nitrogens with zero attached hydrogens (tertiary/aromatic N) is 1. The van der Waals surface area contributed by atoms with Gasteiger partial charge >= 0.3 is 0 Å². The van der Waals surface area contributed by atoms with E-state index in [4.69, 9.17) is 5.21 Å². The van der Waals surface area contributed by atoms with Gasteiger partial charge in [0.05, 0.1) is 0 Å². The van der Waals surface area contributed by atoms with Gasteiger partial charge in [0.1, 0.15) is 6.04 Å². The van der Waals surface area contributed by atoms with Crippen molar-refractivity contribution in [1.82, 2.24) is 15.7 Å². The van der Waals surface area contributed by atoms with Gasteiger partial charge in [-0.25, -0.2) is 5.48 Å². The zero-order chi connectivity index (χ0) is 19.4. The topological polar surface area (TPSA) is 98.7 Å². The first-order valence-electron chi connectivity index (χ1n) is 9.54. The van der Waals surface area contributed by atoms with Gasteiger partial charge in [-0.1, -0.05) is 26.2 Å². The number of hydrogen-bond acceptors (Lipinski definition) is 5. The van der Waals surface area contributed by atoms with Crippen molar-refractivity contribution in [3.05, 3.63) is 0 Å². The van der Waals surface area contributed by atoms with Crippen LogP contribution in [0.5, 0.6) is 0 Å². The number of unbranched alkanes of at least 4 members (excludes halogenated alkanes) is 2. The molecule has 0 aromatic rings. The summed E-state index contributed by atoms with van der Waals surface area (Å²) in [6.45, 7) is 3.57. The van der Waals surface area contributed by atoms with Gasteiger partial charge in [0.15, 0.2) is 0 Å². The number of nitrogens with one attached hydrogen (secondary N) is 2. The monoisotopic (exact) mass is 387 g/mol. The van der Waals surface area contributed by atoms with Crippen LogP contribution in [0.4, 0.5) is 0 Å². The second-order valence-corrected chi connectivity index (χ2v) is 7.79. The minimum atomic E-state index is -0.576. The molecule has 3 N–H and O–H groups in total. The lowest BCUT2D eigenvalue weighted by atomic mass is 9.96. The van der Waals surface area contributed by atoms with Crippen molar-refractivity contribution in [3.8, 4) is 0 Å². The van der Waals surface area contributed by atoms with Gasteiger partial charge in [-0.05, 0) is 37.7 Å². The Hall–Kier alpha value is -1.28. The Morgan fingerprint density at radius 3 is 2.42 bits per heavy atom. The van der Waals surface area contributed by atoms with Crippen molar-refractivity contribution in [2.75, 3.05) is 25.1 Å². The number of hydroxylamine groups is 1. The molecule has 0 aromatic heterocycles. The number of carbonyl (C=O) groups is 3. The van der Waals surface area contributed by atoms with Crippen LogP contribution in [0.1, 0.15) is 58.3 Å². The molecule has 1 unspecified atom stereocenters. The molecule has 0 radical (unpaired) electrons. The second kappa shape index (κ2) is 13.0. The molecule has 8 heteroatoms. The van der Waals surface area contributed by atoms with E-state index in [2.05, 4.69) is 12.2 Å². The summed E-state index contributed by atoms with van der Waals surface area (Å²) in [7, 11) is 0. The summed E-state index contributed by atoms with van der Waals surface area (Å²) in [6.07, 6.45) is 7.89. The van der Waals surface area contributed by atoms with E-state index in [0.29, 0.717) is 12.8 Å². The highest BCUT2D eigenvalue weighted by atomic mass is 32.2. The van der Waals surface area contributed by atoms with Crippen molar-refractivity contribution in [1.29, 1.82) is 0 Å². The number of thioether (sulfide) groups is 1. The van der Waals surface area contributed by atoms with Crippen molar-refractivity contribution >= 4 is 29.5 Å². The Kier molecular flexibility index (Phi) is 11.4.